The van der Waals surface area contributed by atoms with Crippen molar-refractivity contribution in [2.45, 2.75) is 39.5 Å². The van der Waals surface area contributed by atoms with Crippen LogP contribution in [0.25, 0.3) is 0 Å². The third kappa shape index (κ3) is 1.94. The van der Waals surface area contributed by atoms with Crippen molar-refractivity contribution in [1.82, 2.24) is 5.43 Å². The molecule has 3 N–H and O–H groups in total. The Balaban J connectivity index is 2.31. The second kappa shape index (κ2) is 3.55. The third-order valence-corrected chi connectivity index (χ3v) is 3.11. The first kappa shape index (κ1) is 9.01. The number of nitrogens with one attached hydrogen (secondary N) is 1. The molecule has 0 bridgehead atoms. The van der Waals surface area contributed by atoms with Crippen molar-refractivity contribution in [3.63, 3.8) is 0 Å². The molecule has 0 unspecified atom stereocenters. The lowest BCUT2D eigenvalue weighted by atomic mass is 9.86. The predicted octanol–water partition coefficient (Wildman–Crippen LogP) is 1.67. The fraction of sp³-hybridized carbons (Fsp3) is 1.00. The quantitative estimate of drug-likeness (QED) is 0.469. The lowest BCUT2D eigenvalue weighted by Gasteiger charge is -2.22. The molecule has 1 saturated carbocycles. The summed E-state index contributed by atoms with van der Waals surface area (Å²) in [6.07, 6.45) is 5.54. The van der Waals surface area contributed by atoms with E-state index in [9.17, 15) is 0 Å². The molecule has 2 nitrogen and oxygen atoms in total. The molecule has 1 aliphatic rings. The van der Waals surface area contributed by atoms with Gasteiger partial charge in [-0.3, -0.25) is 11.3 Å². The van der Waals surface area contributed by atoms with Gasteiger partial charge in [-0.15, -0.1) is 0 Å². The molecule has 1 aliphatic carbocycles. The lowest BCUT2D eigenvalue weighted by Crippen LogP contribution is -2.31. The van der Waals surface area contributed by atoms with Gasteiger partial charge < -0.3 is 0 Å². The molecule has 0 aromatic heterocycles. The summed E-state index contributed by atoms with van der Waals surface area (Å²) < 4.78 is 0. The van der Waals surface area contributed by atoms with E-state index in [-0.39, 0.29) is 0 Å². The van der Waals surface area contributed by atoms with E-state index in [0.717, 1.165) is 12.5 Å². The zero-order valence-electron chi connectivity index (χ0n) is 7.69. The molecule has 0 saturated heterocycles. The van der Waals surface area contributed by atoms with E-state index in [1.807, 2.05) is 0 Å². The van der Waals surface area contributed by atoms with Crippen LogP contribution in [0.1, 0.15) is 39.5 Å². The largest absolute Gasteiger partial charge is 0.271 e. The van der Waals surface area contributed by atoms with Gasteiger partial charge >= 0.3 is 0 Å². The monoisotopic (exact) mass is 156 g/mol. The molecular formula is C9H20N2. The topological polar surface area (TPSA) is 38.0 Å². The molecule has 0 heterocycles. The normalized spacial score (nSPS) is 23.2. The van der Waals surface area contributed by atoms with Gasteiger partial charge in [0.25, 0.3) is 0 Å². The Morgan fingerprint density at radius 2 is 2.18 bits per heavy atom. The van der Waals surface area contributed by atoms with E-state index >= 15 is 0 Å². The van der Waals surface area contributed by atoms with Crippen molar-refractivity contribution in [3.8, 4) is 0 Å². The van der Waals surface area contributed by atoms with Crippen LogP contribution in [0.5, 0.6) is 0 Å². The Morgan fingerprint density at radius 1 is 1.55 bits per heavy atom. The van der Waals surface area contributed by atoms with Crippen molar-refractivity contribution in [2.24, 2.45) is 17.2 Å². The molecule has 0 aliphatic heterocycles. The molecule has 1 rings (SSSR count). The summed E-state index contributed by atoms with van der Waals surface area (Å²) in [5.74, 6) is 6.06. The summed E-state index contributed by atoms with van der Waals surface area (Å²) in [5.41, 5.74) is 3.44. The third-order valence-electron chi connectivity index (χ3n) is 3.11. The van der Waals surface area contributed by atoms with Crippen LogP contribution in [-0.4, -0.2) is 6.54 Å². The fourth-order valence-electron chi connectivity index (χ4n) is 2.04. The highest BCUT2D eigenvalue weighted by molar-refractivity contribution is 4.96. The van der Waals surface area contributed by atoms with Crippen molar-refractivity contribution in [2.75, 3.05) is 6.54 Å². The minimum atomic E-state index is 0.668. The van der Waals surface area contributed by atoms with E-state index < -0.39 is 0 Å². The summed E-state index contributed by atoms with van der Waals surface area (Å²) in [4.78, 5) is 0. The van der Waals surface area contributed by atoms with Crippen LogP contribution in [0, 0.1) is 11.3 Å². The smallest absolute Gasteiger partial charge is 0.0128 e. The van der Waals surface area contributed by atoms with Gasteiger partial charge in [0.2, 0.25) is 0 Å². The average molecular weight is 156 g/mol. The van der Waals surface area contributed by atoms with Crippen LogP contribution in [0.3, 0.4) is 0 Å². The second-order valence-corrected chi connectivity index (χ2v) is 3.92. The van der Waals surface area contributed by atoms with Crippen LogP contribution < -0.4 is 11.3 Å². The molecule has 0 spiro atoms. The number of hydrogen-bond acceptors (Lipinski definition) is 2. The lowest BCUT2D eigenvalue weighted by molar-refractivity contribution is 0.296. The van der Waals surface area contributed by atoms with Gasteiger partial charge in [0.1, 0.15) is 0 Å². The molecule has 11 heavy (non-hydrogen) atoms. The first-order valence-corrected chi connectivity index (χ1v) is 4.68. The Labute approximate surface area is 69.5 Å². The zero-order chi connectivity index (χ0) is 8.32. The Hall–Kier alpha value is -0.0800. The summed E-state index contributed by atoms with van der Waals surface area (Å²) in [5, 5.41) is 0. The molecular weight excluding hydrogens is 136 g/mol. The highest BCUT2D eigenvalue weighted by Crippen LogP contribution is 2.55. The number of hydrazine groups is 1. The minimum Gasteiger partial charge on any atom is -0.271 e. The van der Waals surface area contributed by atoms with E-state index in [1.165, 1.54) is 25.7 Å². The van der Waals surface area contributed by atoms with Gasteiger partial charge in [-0.05, 0) is 30.6 Å². The highest BCUT2D eigenvalue weighted by atomic mass is 15.2. The van der Waals surface area contributed by atoms with Gasteiger partial charge in [0.15, 0.2) is 0 Å². The van der Waals surface area contributed by atoms with Gasteiger partial charge in [-0.1, -0.05) is 20.3 Å². The van der Waals surface area contributed by atoms with Crippen LogP contribution in [-0.2, 0) is 0 Å². The second-order valence-electron chi connectivity index (χ2n) is 3.92. The van der Waals surface area contributed by atoms with Crippen LogP contribution in [0.4, 0.5) is 0 Å². The van der Waals surface area contributed by atoms with Crippen LogP contribution in [0.2, 0.25) is 0 Å². The van der Waals surface area contributed by atoms with E-state index in [4.69, 9.17) is 5.84 Å². The zero-order valence-corrected chi connectivity index (χ0v) is 7.69. The minimum absolute atomic E-state index is 0.668. The van der Waals surface area contributed by atoms with Crippen molar-refractivity contribution in [1.29, 1.82) is 0 Å². The molecule has 0 radical (unpaired) electrons. The predicted molar refractivity (Wildman–Crippen MR) is 47.9 cm³/mol. The Kier molecular flexibility index (Phi) is 2.90. The number of nitrogens with two attached hydrogens (primary N) is 1. The Morgan fingerprint density at radius 3 is 2.55 bits per heavy atom. The van der Waals surface area contributed by atoms with E-state index in [2.05, 4.69) is 19.3 Å². The van der Waals surface area contributed by atoms with E-state index in [0.29, 0.717) is 5.41 Å². The average Bonchev–Trinajstić information content (AvgIpc) is 2.71. The van der Waals surface area contributed by atoms with Gasteiger partial charge in [-0.25, -0.2) is 0 Å². The molecule has 0 amide bonds. The summed E-state index contributed by atoms with van der Waals surface area (Å²) >= 11 is 0. The molecule has 66 valence electrons. The number of hydrogen-bond donors (Lipinski definition) is 2. The molecule has 1 atom stereocenters. The maximum atomic E-state index is 5.30. The van der Waals surface area contributed by atoms with Crippen LogP contribution >= 0.6 is 0 Å². The van der Waals surface area contributed by atoms with E-state index in [1.54, 1.807) is 0 Å². The summed E-state index contributed by atoms with van der Waals surface area (Å²) in [6, 6.07) is 0. The first-order chi connectivity index (χ1) is 5.25. The summed E-state index contributed by atoms with van der Waals surface area (Å²) in [6.45, 7) is 5.55. The SMILES string of the molecule is CCCC1([C@@H](C)CNN)CC1. The van der Waals surface area contributed by atoms with Crippen molar-refractivity contribution < 1.29 is 0 Å². The highest BCUT2D eigenvalue weighted by Gasteiger charge is 2.45. The van der Waals surface area contributed by atoms with Gasteiger partial charge in [0.05, 0.1) is 0 Å². The molecule has 0 aromatic carbocycles. The van der Waals surface area contributed by atoms with Crippen molar-refractivity contribution >= 4 is 0 Å². The van der Waals surface area contributed by atoms with Crippen molar-refractivity contribution in [3.05, 3.63) is 0 Å². The fourth-order valence-corrected chi connectivity index (χ4v) is 2.04. The van der Waals surface area contributed by atoms with Crippen LogP contribution in [0.15, 0.2) is 0 Å². The standard InChI is InChI=1S/C9H20N2/c1-3-4-9(5-6-9)8(2)7-11-10/h8,11H,3-7,10H2,1-2H3/t8-/m0/s1. The summed E-state index contributed by atoms with van der Waals surface area (Å²) in [7, 11) is 0. The molecule has 2 heteroatoms. The molecule has 1 fully saturated rings. The maximum Gasteiger partial charge on any atom is 0.0128 e. The molecule has 0 aromatic rings. The van der Waals surface area contributed by atoms with Gasteiger partial charge in [0, 0.05) is 6.54 Å². The first-order valence-electron chi connectivity index (χ1n) is 4.68. The maximum absolute atomic E-state index is 5.30. The van der Waals surface area contributed by atoms with Gasteiger partial charge in [-0.2, -0.15) is 0 Å². The Bertz CT molecular complexity index is 119. The number of rotatable bonds is 5.